The van der Waals surface area contributed by atoms with Gasteiger partial charge in [0.2, 0.25) is 0 Å². The van der Waals surface area contributed by atoms with Crippen molar-refractivity contribution in [3.8, 4) is 0 Å². The lowest BCUT2D eigenvalue weighted by atomic mass is 10.1. The number of quaternary nitrogens is 1. The SMILES string of the molecule is CC[N+](CC)(CC)OS(=O)(=O)c1ccc(Cl)c(N2N=C(C)/C(=C/c3ccc(N(C)C)cc3)C2=O)c1. The molecule has 0 spiro atoms. The lowest BCUT2D eigenvalue weighted by Gasteiger charge is -2.30. The number of carbonyl (C=O) groups excluding carboxylic acids is 1. The van der Waals surface area contributed by atoms with Crippen LogP contribution in [0.15, 0.2) is 58.0 Å². The highest BCUT2D eigenvalue weighted by Gasteiger charge is 2.35. The fourth-order valence-electron chi connectivity index (χ4n) is 3.77. The molecule has 1 amide bonds. The van der Waals surface area contributed by atoms with E-state index >= 15 is 0 Å². The van der Waals surface area contributed by atoms with Crippen molar-refractivity contribution in [1.29, 1.82) is 0 Å². The van der Waals surface area contributed by atoms with E-state index in [-0.39, 0.29) is 20.3 Å². The van der Waals surface area contributed by atoms with Gasteiger partial charge in [-0.3, -0.25) is 4.79 Å². The van der Waals surface area contributed by atoms with Gasteiger partial charge < -0.3 is 4.90 Å². The topological polar surface area (TPSA) is 79.3 Å². The van der Waals surface area contributed by atoms with Gasteiger partial charge >= 0.3 is 10.1 Å². The summed E-state index contributed by atoms with van der Waals surface area (Å²) in [6.07, 6.45) is 1.76. The summed E-state index contributed by atoms with van der Waals surface area (Å²) in [6.45, 7) is 8.82. The molecule has 0 bridgehead atoms. The number of nitrogens with zero attached hydrogens (tertiary/aromatic N) is 4. The lowest BCUT2D eigenvalue weighted by Crippen LogP contribution is -2.48. The number of benzene rings is 2. The molecule has 1 aliphatic heterocycles. The average Bonchev–Trinajstić information content (AvgIpc) is 3.11. The minimum atomic E-state index is -4.12. The van der Waals surface area contributed by atoms with Crippen LogP contribution in [0.2, 0.25) is 5.02 Å². The highest BCUT2D eigenvalue weighted by Crippen LogP contribution is 2.34. The van der Waals surface area contributed by atoms with Crippen molar-refractivity contribution >= 4 is 50.8 Å². The number of amides is 1. The third kappa shape index (κ3) is 5.59. The quantitative estimate of drug-likeness (QED) is 0.272. The van der Waals surface area contributed by atoms with E-state index < -0.39 is 16.0 Å². The first kappa shape index (κ1) is 26.9. The Morgan fingerprint density at radius 2 is 1.66 bits per heavy atom. The third-order valence-corrected chi connectivity index (χ3v) is 7.87. The molecule has 0 radical (unpaired) electrons. The van der Waals surface area contributed by atoms with E-state index in [4.69, 9.17) is 15.9 Å². The summed E-state index contributed by atoms with van der Waals surface area (Å²) < 4.78 is 31.8. The Morgan fingerprint density at radius 3 is 2.20 bits per heavy atom. The van der Waals surface area contributed by atoms with Gasteiger partial charge in [-0.1, -0.05) is 28.0 Å². The van der Waals surface area contributed by atoms with Crippen molar-refractivity contribution in [1.82, 2.24) is 0 Å². The van der Waals surface area contributed by atoms with Crippen LogP contribution in [0.3, 0.4) is 0 Å². The summed E-state index contributed by atoms with van der Waals surface area (Å²) in [6, 6.07) is 11.9. The van der Waals surface area contributed by atoms with Gasteiger partial charge in [-0.15, -0.1) is 0 Å². The van der Waals surface area contributed by atoms with Gasteiger partial charge in [0.15, 0.2) is 0 Å². The maximum Gasteiger partial charge on any atom is 0.342 e. The Labute approximate surface area is 212 Å². The molecule has 0 aliphatic carbocycles. The molecular weight excluding hydrogens is 488 g/mol. The van der Waals surface area contributed by atoms with E-state index in [1.807, 2.05) is 64.0 Å². The molecule has 35 heavy (non-hydrogen) atoms. The summed E-state index contributed by atoms with van der Waals surface area (Å²) in [4.78, 5) is 15.2. The van der Waals surface area contributed by atoms with Crippen molar-refractivity contribution in [3.05, 3.63) is 58.6 Å². The van der Waals surface area contributed by atoms with Crippen molar-refractivity contribution in [3.63, 3.8) is 0 Å². The normalized spacial score (nSPS) is 15.6. The molecule has 1 heterocycles. The van der Waals surface area contributed by atoms with Crippen molar-refractivity contribution in [2.75, 3.05) is 43.6 Å². The molecule has 2 aromatic rings. The number of carbonyl (C=O) groups is 1. The Morgan fingerprint density at radius 1 is 1.06 bits per heavy atom. The smallest absolute Gasteiger partial charge is 0.342 e. The van der Waals surface area contributed by atoms with E-state index in [0.29, 0.717) is 30.9 Å². The Balaban J connectivity index is 1.95. The zero-order valence-corrected chi connectivity index (χ0v) is 22.5. The van der Waals surface area contributed by atoms with Gasteiger partial charge in [0.1, 0.15) is 24.5 Å². The van der Waals surface area contributed by atoms with Crippen LogP contribution in [0, 0.1) is 0 Å². The fraction of sp³-hybridized carbons (Fsp3) is 0.360. The van der Waals surface area contributed by atoms with Gasteiger partial charge in [0.05, 0.1) is 22.0 Å². The number of halogens is 1. The predicted octanol–water partition coefficient (Wildman–Crippen LogP) is 4.71. The standard InChI is InChI=1S/C25H32ClN4O4S/c1-7-30(8-2,9-3)34-35(32,33)21-14-15-23(26)24(17-21)29-25(31)22(18(4)27-29)16-19-10-12-20(13-11-19)28(5)6/h10-17H,7-9H2,1-6H3/q+1/b22-16-. The number of hydroxylamine groups is 3. The molecule has 0 aromatic heterocycles. The summed E-state index contributed by atoms with van der Waals surface area (Å²) >= 11 is 6.38. The van der Waals surface area contributed by atoms with Crippen molar-refractivity contribution < 1.29 is 22.1 Å². The first-order chi connectivity index (χ1) is 16.5. The largest absolute Gasteiger partial charge is 0.378 e. The number of hydrogen-bond acceptors (Lipinski definition) is 6. The first-order valence-electron chi connectivity index (χ1n) is 11.5. The van der Waals surface area contributed by atoms with Crippen molar-refractivity contribution in [2.45, 2.75) is 32.6 Å². The molecule has 3 rings (SSSR count). The minimum Gasteiger partial charge on any atom is -0.378 e. The van der Waals surface area contributed by atoms with Gasteiger partial charge in [-0.2, -0.15) is 23.2 Å². The Hall–Kier alpha value is -2.72. The van der Waals surface area contributed by atoms with Crippen LogP contribution < -0.4 is 9.91 Å². The van der Waals surface area contributed by atoms with E-state index in [2.05, 4.69) is 5.10 Å². The molecule has 1 aliphatic rings. The molecule has 0 N–H and O–H groups in total. The summed E-state index contributed by atoms with van der Waals surface area (Å²) in [7, 11) is -0.207. The van der Waals surface area contributed by atoms with Crippen LogP contribution in [-0.4, -0.2) is 58.4 Å². The van der Waals surface area contributed by atoms with Crippen LogP contribution in [0.25, 0.3) is 6.08 Å². The van der Waals surface area contributed by atoms with E-state index in [9.17, 15) is 13.2 Å². The molecule has 8 nitrogen and oxygen atoms in total. The van der Waals surface area contributed by atoms with Gasteiger partial charge in [-0.05, 0) is 69.7 Å². The van der Waals surface area contributed by atoms with Crippen molar-refractivity contribution in [2.24, 2.45) is 5.10 Å². The number of rotatable bonds is 9. The lowest BCUT2D eigenvalue weighted by molar-refractivity contribution is -1.08. The minimum absolute atomic E-state index is 0.0420. The molecule has 188 valence electrons. The number of hydrogen-bond donors (Lipinski definition) is 0. The van der Waals surface area contributed by atoms with Crippen LogP contribution in [0.4, 0.5) is 11.4 Å². The van der Waals surface area contributed by atoms with E-state index in [1.54, 1.807) is 13.0 Å². The van der Waals surface area contributed by atoms with E-state index in [0.717, 1.165) is 16.3 Å². The average molecular weight is 520 g/mol. The fourth-order valence-corrected chi connectivity index (χ4v) is 5.28. The molecular formula is C25H32ClN4O4S+. The molecule has 0 atom stereocenters. The Kier molecular flexibility index (Phi) is 8.06. The number of hydrazone groups is 1. The van der Waals surface area contributed by atoms with Crippen LogP contribution >= 0.6 is 11.6 Å². The maximum absolute atomic E-state index is 13.3. The highest BCUT2D eigenvalue weighted by atomic mass is 35.5. The summed E-state index contributed by atoms with van der Waals surface area (Å²) in [5.41, 5.74) is 2.97. The summed E-state index contributed by atoms with van der Waals surface area (Å²) in [5, 5.41) is 5.71. The maximum atomic E-state index is 13.3. The monoisotopic (exact) mass is 519 g/mol. The molecule has 2 aromatic carbocycles. The second-order valence-corrected chi connectivity index (χ2v) is 10.4. The molecule has 0 saturated carbocycles. The molecule has 0 saturated heterocycles. The third-order valence-electron chi connectivity index (χ3n) is 6.20. The van der Waals surface area contributed by atoms with Gasteiger partial charge in [0, 0.05) is 19.8 Å². The molecule has 0 unspecified atom stereocenters. The molecule has 0 fully saturated rings. The summed E-state index contributed by atoms with van der Waals surface area (Å²) in [5.74, 6) is -0.391. The first-order valence-corrected chi connectivity index (χ1v) is 13.3. The zero-order valence-electron chi connectivity index (χ0n) is 20.9. The van der Waals surface area contributed by atoms with Crippen LogP contribution in [0.5, 0.6) is 0 Å². The van der Waals surface area contributed by atoms with E-state index in [1.165, 1.54) is 18.2 Å². The van der Waals surface area contributed by atoms with Gasteiger partial charge in [-0.25, -0.2) is 0 Å². The number of anilines is 2. The predicted molar refractivity (Wildman–Crippen MR) is 141 cm³/mol. The highest BCUT2D eigenvalue weighted by molar-refractivity contribution is 7.86. The second kappa shape index (κ2) is 10.5. The second-order valence-electron chi connectivity index (χ2n) is 8.50. The Bertz CT molecular complexity index is 1260. The molecule has 10 heteroatoms. The zero-order chi connectivity index (χ0) is 26.0. The van der Waals surface area contributed by atoms with Gasteiger partial charge in [0.25, 0.3) is 5.91 Å². The van der Waals surface area contributed by atoms with Crippen LogP contribution in [-0.2, 0) is 19.2 Å². The van der Waals surface area contributed by atoms with Crippen LogP contribution in [0.1, 0.15) is 33.3 Å².